The molecule has 2 unspecified atom stereocenters. The monoisotopic (exact) mass is 504 g/mol. The summed E-state index contributed by atoms with van der Waals surface area (Å²) in [6.45, 7) is 0.823. The van der Waals surface area contributed by atoms with Crippen molar-refractivity contribution < 1.29 is 28.1 Å². The van der Waals surface area contributed by atoms with Gasteiger partial charge in [0.2, 0.25) is 11.8 Å². The Morgan fingerprint density at radius 1 is 1.19 bits per heavy atom. The van der Waals surface area contributed by atoms with Crippen molar-refractivity contribution in [2.45, 2.75) is 23.8 Å². The summed E-state index contributed by atoms with van der Waals surface area (Å²) in [6, 6.07) is 3.56. The van der Waals surface area contributed by atoms with Crippen molar-refractivity contribution in [2.75, 3.05) is 23.4 Å². The highest BCUT2D eigenvalue weighted by Crippen LogP contribution is 2.31. The number of imide groups is 2. The van der Waals surface area contributed by atoms with Gasteiger partial charge in [-0.3, -0.25) is 33.6 Å². The minimum atomic E-state index is -1.52. The maximum atomic E-state index is 12.9. The van der Waals surface area contributed by atoms with Crippen LogP contribution in [-0.2, 0) is 25.1 Å². The molecule has 10 heteroatoms. The topological polar surface area (TPSA) is 110 Å². The number of nitrogens with zero attached hydrogens (tertiary/aromatic N) is 1. The van der Waals surface area contributed by atoms with Crippen LogP contribution in [0, 0.1) is 0 Å². The van der Waals surface area contributed by atoms with Crippen molar-refractivity contribution in [1.82, 2.24) is 10.2 Å². The molecule has 2 aliphatic heterocycles. The Morgan fingerprint density at radius 2 is 1.96 bits per heavy atom. The number of halogens is 1. The highest BCUT2D eigenvalue weighted by Gasteiger charge is 2.45. The van der Waals surface area contributed by atoms with Crippen LogP contribution in [-0.4, -0.2) is 62.2 Å². The summed E-state index contributed by atoms with van der Waals surface area (Å²) < 4.78 is 18.8. The van der Waals surface area contributed by atoms with Crippen LogP contribution in [0.3, 0.4) is 0 Å². The molecule has 27 heavy (non-hydrogen) atoms. The molecule has 0 bridgehead atoms. The van der Waals surface area contributed by atoms with E-state index in [1.165, 1.54) is 6.07 Å². The lowest BCUT2D eigenvalue weighted by Gasteiger charge is -2.27. The first-order valence-electron chi connectivity index (χ1n) is 8.32. The molecule has 1 N–H and O–H groups in total. The van der Waals surface area contributed by atoms with Crippen LogP contribution >= 0.6 is 22.6 Å². The molecule has 3 rings (SSSR count). The standard InChI is InChI=1S/C17H17IN2O6S/c18-6-7-26-8-9-27(25)12-3-1-2-10-14(12)17(24)20(16(10)23)11-4-5-13(21)19-15(11)22/h1-3,11H,4-9H2,(H,19,21,22). The molecule has 1 saturated heterocycles. The highest BCUT2D eigenvalue weighted by molar-refractivity contribution is 14.1. The Balaban J connectivity index is 1.85. The van der Waals surface area contributed by atoms with E-state index in [2.05, 4.69) is 27.9 Å². The van der Waals surface area contributed by atoms with Crippen LogP contribution in [0.25, 0.3) is 0 Å². The van der Waals surface area contributed by atoms with Crippen LogP contribution in [0.1, 0.15) is 33.6 Å². The first-order chi connectivity index (χ1) is 13.0. The minimum Gasteiger partial charge on any atom is -0.380 e. The first-order valence-corrected chi connectivity index (χ1v) is 11.2. The second kappa shape index (κ2) is 8.57. The fourth-order valence-electron chi connectivity index (χ4n) is 3.07. The SMILES string of the molecule is O=C1CCC(N2C(=O)c3cccc(S(=O)CCOCCI)c3C2=O)C(=O)N1. The molecule has 8 nitrogen and oxygen atoms in total. The number of nitrogens with one attached hydrogen (secondary N) is 1. The van der Waals surface area contributed by atoms with Crippen LogP contribution in [0.4, 0.5) is 0 Å². The van der Waals surface area contributed by atoms with E-state index in [9.17, 15) is 23.4 Å². The van der Waals surface area contributed by atoms with Crippen LogP contribution in [0.5, 0.6) is 0 Å². The van der Waals surface area contributed by atoms with E-state index in [1.807, 2.05) is 0 Å². The van der Waals surface area contributed by atoms with Crippen LogP contribution < -0.4 is 5.32 Å². The molecule has 2 heterocycles. The Labute approximate surface area is 171 Å². The van der Waals surface area contributed by atoms with Crippen molar-refractivity contribution in [3.05, 3.63) is 29.3 Å². The maximum Gasteiger partial charge on any atom is 0.263 e. The van der Waals surface area contributed by atoms with Crippen molar-refractivity contribution in [3.63, 3.8) is 0 Å². The lowest BCUT2D eigenvalue weighted by Crippen LogP contribution is -2.54. The third-order valence-electron chi connectivity index (χ3n) is 4.31. The third-order valence-corrected chi connectivity index (χ3v) is 6.12. The smallest absolute Gasteiger partial charge is 0.263 e. The molecule has 0 radical (unpaired) electrons. The Morgan fingerprint density at radius 3 is 2.67 bits per heavy atom. The summed E-state index contributed by atoms with van der Waals surface area (Å²) in [4.78, 5) is 50.2. The number of hydrogen-bond acceptors (Lipinski definition) is 6. The summed E-state index contributed by atoms with van der Waals surface area (Å²) in [5.74, 6) is -2.16. The second-order valence-electron chi connectivity index (χ2n) is 5.98. The predicted molar refractivity (Wildman–Crippen MR) is 104 cm³/mol. The summed E-state index contributed by atoms with van der Waals surface area (Å²) in [5.41, 5.74) is 0.197. The van der Waals surface area contributed by atoms with Gasteiger partial charge in [0.15, 0.2) is 0 Å². The molecule has 1 fully saturated rings. The largest absolute Gasteiger partial charge is 0.380 e. The van der Waals surface area contributed by atoms with Crippen LogP contribution in [0.15, 0.2) is 23.1 Å². The van der Waals surface area contributed by atoms with Crippen molar-refractivity contribution in [3.8, 4) is 0 Å². The summed E-state index contributed by atoms with van der Waals surface area (Å²) in [6.07, 6.45) is 0.134. The number of fused-ring (bicyclic) bond motifs is 1. The molecule has 0 saturated carbocycles. The minimum absolute atomic E-state index is 0.0523. The van der Waals surface area contributed by atoms with E-state index in [0.29, 0.717) is 6.61 Å². The van der Waals surface area contributed by atoms with E-state index < -0.39 is 40.5 Å². The van der Waals surface area contributed by atoms with Gasteiger partial charge in [0, 0.05) is 10.8 Å². The van der Waals surface area contributed by atoms with Gasteiger partial charge in [0.1, 0.15) is 6.04 Å². The molecular formula is C17H17IN2O6S. The van der Waals surface area contributed by atoms with Gasteiger partial charge < -0.3 is 4.74 Å². The number of carbonyl (C=O) groups is 4. The quantitative estimate of drug-likeness (QED) is 0.253. The summed E-state index contributed by atoms with van der Waals surface area (Å²) in [7, 11) is -1.52. The lowest BCUT2D eigenvalue weighted by molar-refractivity contribution is -0.136. The van der Waals surface area contributed by atoms with E-state index in [1.54, 1.807) is 12.1 Å². The number of benzene rings is 1. The van der Waals surface area contributed by atoms with Gasteiger partial charge in [0.05, 0.1) is 45.8 Å². The van der Waals surface area contributed by atoms with E-state index in [0.717, 1.165) is 9.33 Å². The van der Waals surface area contributed by atoms with Gasteiger partial charge in [-0.25, -0.2) is 0 Å². The maximum absolute atomic E-state index is 12.9. The average molecular weight is 504 g/mol. The summed E-state index contributed by atoms with van der Waals surface area (Å²) >= 11 is 2.17. The van der Waals surface area contributed by atoms with E-state index >= 15 is 0 Å². The first kappa shape index (κ1) is 20.1. The normalized spacial score (nSPS) is 20.6. The summed E-state index contributed by atoms with van der Waals surface area (Å²) in [5, 5.41) is 2.15. The molecule has 0 aromatic heterocycles. The van der Waals surface area contributed by atoms with E-state index in [4.69, 9.17) is 4.74 Å². The Hall–Kier alpha value is -1.66. The molecule has 0 aliphatic carbocycles. The van der Waals surface area contributed by atoms with Crippen molar-refractivity contribution in [1.29, 1.82) is 0 Å². The molecule has 1 aromatic carbocycles. The fourth-order valence-corrected chi connectivity index (χ4v) is 4.53. The van der Waals surface area contributed by atoms with Gasteiger partial charge in [-0.2, -0.15) is 0 Å². The predicted octanol–water partition coefficient (Wildman–Crippen LogP) is 0.647. The molecule has 2 atom stereocenters. The second-order valence-corrected chi connectivity index (χ2v) is 8.59. The number of piperidine rings is 1. The average Bonchev–Trinajstić information content (AvgIpc) is 2.90. The number of hydrogen-bond donors (Lipinski definition) is 1. The number of carbonyl (C=O) groups excluding carboxylic acids is 4. The highest BCUT2D eigenvalue weighted by atomic mass is 127. The molecule has 144 valence electrons. The number of rotatable bonds is 7. The van der Waals surface area contributed by atoms with Gasteiger partial charge in [-0.05, 0) is 18.6 Å². The van der Waals surface area contributed by atoms with Crippen molar-refractivity contribution in [2.24, 2.45) is 0 Å². The molecule has 4 amide bonds. The number of alkyl halides is 1. The zero-order chi connectivity index (χ0) is 19.6. The van der Waals surface area contributed by atoms with Gasteiger partial charge in [0.25, 0.3) is 11.8 Å². The zero-order valence-corrected chi connectivity index (χ0v) is 17.2. The van der Waals surface area contributed by atoms with Crippen molar-refractivity contribution >= 4 is 57.0 Å². The molecular weight excluding hydrogens is 487 g/mol. The number of amides is 4. The van der Waals surface area contributed by atoms with E-state index in [-0.39, 0.29) is 41.2 Å². The third kappa shape index (κ3) is 3.97. The molecule has 2 aliphatic rings. The number of ether oxygens (including phenoxy) is 1. The fraction of sp³-hybridized carbons (Fsp3) is 0.412. The van der Waals surface area contributed by atoms with Crippen LogP contribution in [0.2, 0.25) is 0 Å². The Bertz CT molecular complexity index is 843. The lowest BCUT2D eigenvalue weighted by atomic mass is 10.0. The Kier molecular flexibility index (Phi) is 6.37. The zero-order valence-electron chi connectivity index (χ0n) is 14.2. The molecule has 1 aromatic rings. The van der Waals surface area contributed by atoms with Gasteiger partial charge in [-0.1, -0.05) is 28.7 Å². The van der Waals surface area contributed by atoms with Gasteiger partial charge >= 0.3 is 0 Å². The van der Waals surface area contributed by atoms with Gasteiger partial charge in [-0.15, -0.1) is 0 Å². The molecule has 0 spiro atoms.